The average molecular weight is 571 g/mol. The maximum Gasteiger partial charge on any atom is 0.0976 e. The molecule has 43 heavy (non-hydrogen) atoms. The topological polar surface area (TPSA) is 25.8 Å². The molecule has 0 atom stereocenters. The summed E-state index contributed by atoms with van der Waals surface area (Å²) >= 11 is 0. The first kappa shape index (κ1) is 33.5. The van der Waals surface area contributed by atoms with E-state index in [9.17, 15) is 0 Å². The fourth-order valence-corrected chi connectivity index (χ4v) is 4.53. The Morgan fingerprint density at radius 1 is 0.558 bits per heavy atom. The molecule has 0 bridgehead atoms. The number of hydrogen-bond acceptors (Lipinski definition) is 2. The molecule has 0 saturated heterocycles. The SMILES string of the molecule is C/C(=C\C=C\C(C)(C)C)c1ccc(/C(C)=C/C=C(\C)C(C)(C)C)c2nc(-c3ccccc3)c(-c3ccccc3)nc12.CC. The normalized spacial score (nSPS) is 13.3. The van der Waals surface area contributed by atoms with Crippen LogP contribution in [0.2, 0.25) is 0 Å². The van der Waals surface area contributed by atoms with Gasteiger partial charge in [-0.2, -0.15) is 0 Å². The highest BCUT2D eigenvalue weighted by atomic mass is 14.8. The molecule has 1 aromatic heterocycles. The second kappa shape index (κ2) is 14.4. The molecule has 2 heteroatoms. The molecule has 224 valence electrons. The van der Waals surface area contributed by atoms with Crippen molar-refractivity contribution in [1.29, 1.82) is 0 Å². The largest absolute Gasteiger partial charge is 0.243 e. The molecule has 0 unspecified atom stereocenters. The van der Waals surface area contributed by atoms with Gasteiger partial charge in [0.2, 0.25) is 0 Å². The Bertz CT molecular complexity index is 1640. The monoisotopic (exact) mass is 570 g/mol. The summed E-state index contributed by atoms with van der Waals surface area (Å²) in [5.74, 6) is 0. The van der Waals surface area contributed by atoms with Crippen LogP contribution in [-0.2, 0) is 0 Å². The highest BCUT2D eigenvalue weighted by molar-refractivity contribution is 5.98. The molecule has 0 aliphatic heterocycles. The van der Waals surface area contributed by atoms with Crippen LogP contribution in [0, 0.1) is 10.8 Å². The van der Waals surface area contributed by atoms with Crippen LogP contribution in [0.4, 0.5) is 0 Å². The van der Waals surface area contributed by atoms with Gasteiger partial charge in [-0.3, -0.25) is 0 Å². The zero-order valence-electron chi connectivity index (χ0n) is 28.2. The third-order valence-electron chi connectivity index (χ3n) is 7.48. The average Bonchev–Trinajstić information content (AvgIpc) is 2.99. The van der Waals surface area contributed by atoms with Crippen LogP contribution in [0.5, 0.6) is 0 Å². The van der Waals surface area contributed by atoms with Crippen molar-refractivity contribution < 1.29 is 0 Å². The predicted molar refractivity (Wildman–Crippen MR) is 191 cm³/mol. The molecule has 0 saturated carbocycles. The van der Waals surface area contributed by atoms with Gasteiger partial charge in [-0.1, -0.05) is 164 Å². The molecule has 0 spiro atoms. The van der Waals surface area contributed by atoms with Gasteiger partial charge in [-0.15, -0.1) is 0 Å². The van der Waals surface area contributed by atoms with Gasteiger partial charge < -0.3 is 0 Å². The van der Waals surface area contributed by atoms with Crippen LogP contribution < -0.4 is 0 Å². The Morgan fingerprint density at radius 3 is 1.37 bits per heavy atom. The van der Waals surface area contributed by atoms with Crippen molar-refractivity contribution >= 4 is 22.2 Å². The molecular formula is C41H50N2. The quantitative estimate of drug-likeness (QED) is 0.215. The summed E-state index contributed by atoms with van der Waals surface area (Å²) in [6.45, 7) is 23.9. The third-order valence-corrected chi connectivity index (χ3v) is 7.48. The fourth-order valence-electron chi connectivity index (χ4n) is 4.53. The van der Waals surface area contributed by atoms with E-state index in [1.165, 1.54) is 11.1 Å². The Balaban J connectivity index is 0.00000248. The molecule has 1 heterocycles. The number of rotatable bonds is 6. The Morgan fingerprint density at radius 2 is 0.977 bits per heavy atom. The summed E-state index contributed by atoms with van der Waals surface area (Å²) in [6.07, 6.45) is 11.0. The van der Waals surface area contributed by atoms with Crippen molar-refractivity contribution in [2.75, 3.05) is 0 Å². The number of nitrogens with zero attached hydrogens (tertiary/aromatic N) is 2. The highest BCUT2D eigenvalue weighted by Gasteiger charge is 2.19. The van der Waals surface area contributed by atoms with Crippen molar-refractivity contribution in [3.8, 4) is 22.5 Å². The summed E-state index contributed by atoms with van der Waals surface area (Å²) in [7, 11) is 0. The van der Waals surface area contributed by atoms with Gasteiger partial charge in [0.25, 0.3) is 0 Å². The number of allylic oxidation sites excluding steroid dienone is 8. The van der Waals surface area contributed by atoms with E-state index in [1.54, 1.807) is 0 Å². The standard InChI is InChI=1S/C39H44N2.C2H6/c1-27(17-16-26-38(4,5)6)32-24-25-33(28(2)22-23-29(3)39(7,8)9)37-36(32)40-34(30-18-12-10-13-19-30)35(41-37)31-20-14-11-15-21-31;1-2/h10-26H,1-9H3;1-2H3/b26-16+,27-17+,28-22+,29-23+;. The lowest BCUT2D eigenvalue weighted by Crippen LogP contribution is -2.05. The van der Waals surface area contributed by atoms with E-state index in [-0.39, 0.29) is 10.8 Å². The molecule has 0 aliphatic rings. The molecule has 0 amide bonds. The molecule has 4 aromatic rings. The minimum Gasteiger partial charge on any atom is -0.243 e. The van der Waals surface area contributed by atoms with Crippen molar-refractivity contribution in [1.82, 2.24) is 9.97 Å². The highest BCUT2D eigenvalue weighted by Crippen LogP contribution is 2.36. The van der Waals surface area contributed by atoms with E-state index in [1.807, 2.05) is 26.0 Å². The van der Waals surface area contributed by atoms with Crippen molar-refractivity contribution in [2.24, 2.45) is 10.8 Å². The molecule has 0 N–H and O–H groups in total. The molecule has 2 nitrogen and oxygen atoms in total. The molecule has 0 radical (unpaired) electrons. The van der Waals surface area contributed by atoms with E-state index in [2.05, 4.69) is 153 Å². The Labute approximate surface area is 261 Å². The summed E-state index contributed by atoms with van der Waals surface area (Å²) in [5, 5.41) is 0. The van der Waals surface area contributed by atoms with Crippen LogP contribution in [0.25, 0.3) is 44.7 Å². The molecular weight excluding hydrogens is 520 g/mol. The molecule has 3 aromatic carbocycles. The van der Waals surface area contributed by atoms with Crippen LogP contribution in [0.3, 0.4) is 0 Å². The number of benzene rings is 3. The van der Waals surface area contributed by atoms with Gasteiger partial charge >= 0.3 is 0 Å². The van der Waals surface area contributed by atoms with E-state index in [4.69, 9.17) is 9.97 Å². The van der Waals surface area contributed by atoms with Crippen molar-refractivity contribution in [3.05, 3.63) is 120 Å². The molecule has 0 fully saturated rings. The van der Waals surface area contributed by atoms with Gasteiger partial charge in [0, 0.05) is 22.3 Å². The molecule has 0 aliphatic carbocycles. The van der Waals surface area contributed by atoms with Gasteiger partial charge in [-0.25, -0.2) is 9.97 Å². The lowest BCUT2D eigenvalue weighted by atomic mass is 9.87. The van der Waals surface area contributed by atoms with Crippen LogP contribution >= 0.6 is 0 Å². The first-order valence-electron chi connectivity index (χ1n) is 15.5. The Kier molecular flexibility index (Phi) is 11.2. The zero-order chi connectivity index (χ0) is 31.8. The van der Waals surface area contributed by atoms with Crippen molar-refractivity contribution in [3.63, 3.8) is 0 Å². The minimum atomic E-state index is 0.119. The lowest BCUT2D eigenvalue weighted by molar-refractivity contribution is 0.504. The summed E-state index contributed by atoms with van der Waals surface area (Å²) in [4.78, 5) is 10.8. The van der Waals surface area contributed by atoms with Gasteiger partial charge in [-0.05, 0) is 42.7 Å². The summed E-state index contributed by atoms with van der Waals surface area (Å²) < 4.78 is 0. The maximum atomic E-state index is 5.41. The second-order valence-electron chi connectivity index (χ2n) is 13.0. The summed E-state index contributed by atoms with van der Waals surface area (Å²) in [5.41, 5.74) is 11.8. The predicted octanol–water partition coefficient (Wildman–Crippen LogP) is 12.4. The van der Waals surface area contributed by atoms with Gasteiger partial charge in [0.1, 0.15) is 0 Å². The smallest absolute Gasteiger partial charge is 0.0976 e. The minimum absolute atomic E-state index is 0.119. The molecule has 4 rings (SSSR count). The lowest BCUT2D eigenvalue weighted by Gasteiger charge is -2.19. The van der Waals surface area contributed by atoms with Crippen LogP contribution in [0.15, 0.2) is 109 Å². The number of fused-ring (bicyclic) bond motifs is 1. The van der Waals surface area contributed by atoms with E-state index >= 15 is 0 Å². The number of hydrogen-bond donors (Lipinski definition) is 0. The van der Waals surface area contributed by atoms with Crippen LogP contribution in [0.1, 0.15) is 87.3 Å². The third kappa shape index (κ3) is 8.74. The first-order chi connectivity index (χ1) is 20.3. The van der Waals surface area contributed by atoms with E-state index < -0.39 is 0 Å². The van der Waals surface area contributed by atoms with Gasteiger partial charge in [0.15, 0.2) is 0 Å². The van der Waals surface area contributed by atoms with E-state index in [0.717, 1.165) is 50.2 Å². The first-order valence-corrected chi connectivity index (χ1v) is 15.5. The maximum absolute atomic E-state index is 5.41. The van der Waals surface area contributed by atoms with E-state index in [0.29, 0.717) is 0 Å². The zero-order valence-corrected chi connectivity index (χ0v) is 28.2. The Hall–Kier alpha value is -4.04. The van der Waals surface area contributed by atoms with Crippen molar-refractivity contribution in [2.45, 2.75) is 76.2 Å². The fraction of sp³-hybridized carbons (Fsp3) is 0.317. The summed E-state index contributed by atoms with van der Waals surface area (Å²) in [6, 6.07) is 25.2. The second-order valence-corrected chi connectivity index (χ2v) is 13.0. The number of aromatic nitrogens is 2. The van der Waals surface area contributed by atoms with Crippen LogP contribution in [-0.4, -0.2) is 9.97 Å². The van der Waals surface area contributed by atoms with Gasteiger partial charge in [0.05, 0.1) is 22.4 Å².